The van der Waals surface area contributed by atoms with E-state index in [2.05, 4.69) is 5.32 Å². The zero-order valence-electron chi connectivity index (χ0n) is 14.6. The van der Waals surface area contributed by atoms with E-state index in [-0.39, 0.29) is 13.0 Å². The van der Waals surface area contributed by atoms with Crippen LogP contribution in [0.25, 0.3) is 0 Å². The lowest BCUT2D eigenvalue weighted by molar-refractivity contribution is -0.142. The third-order valence-electron chi connectivity index (χ3n) is 4.54. The number of fused-ring (bicyclic) bond motifs is 1. The van der Waals surface area contributed by atoms with E-state index in [0.29, 0.717) is 12.1 Å². The minimum absolute atomic E-state index is 0.278. The Morgan fingerprint density at radius 1 is 1.08 bits per heavy atom. The predicted molar refractivity (Wildman–Crippen MR) is 98.1 cm³/mol. The van der Waals surface area contributed by atoms with Gasteiger partial charge in [0.1, 0.15) is 12.5 Å². The van der Waals surface area contributed by atoms with Gasteiger partial charge in [0.2, 0.25) is 17.7 Å². The van der Waals surface area contributed by atoms with E-state index in [1.165, 1.54) is 4.90 Å². The van der Waals surface area contributed by atoms with Crippen molar-refractivity contribution in [3.63, 3.8) is 0 Å². The van der Waals surface area contributed by atoms with Gasteiger partial charge in [0.15, 0.2) is 0 Å². The fraction of sp³-hybridized carbons (Fsp3) is 0.250. The number of rotatable bonds is 4. The van der Waals surface area contributed by atoms with Gasteiger partial charge in [-0.2, -0.15) is 0 Å². The van der Waals surface area contributed by atoms with Crippen molar-refractivity contribution < 1.29 is 14.4 Å². The van der Waals surface area contributed by atoms with Crippen molar-refractivity contribution in [3.8, 4) is 0 Å². The molecule has 2 aromatic carbocycles. The monoisotopic (exact) mass is 351 g/mol. The fourth-order valence-electron chi connectivity index (χ4n) is 3.12. The summed E-state index contributed by atoms with van der Waals surface area (Å²) >= 11 is 0. The predicted octanol–water partition coefficient (Wildman–Crippen LogP) is 1.76. The minimum atomic E-state index is -0.732. The van der Waals surface area contributed by atoms with Gasteiger partial charge in [-0.3, -0.25) is 14.4 Å². The van der Waals surface area contributed by atoms with Crippen LogP contribution < -0.4 is 11.1 Å². The first-order chi connectivity index (χ1) is 12.4. The third-order valence-corrected chi connectivity index (χ3v) is 4.54. The number of aryl methyl sites for hydroxylation is 1. The number of primary amides is 1. The Bertz CT molecular complexity index is 846. The maximum Gasteiger partial charge on any atom is 0.240 e. The lowest BCUT2D eigenvalue weighted by atomic mass is 9.93. The van der Waals surface area contributed by atoms with Crippen LogP contribution in [-0.4, -0.2) is 28.7 Å². The van der Waals surface area contributed by atoms with Crippen molar-refractivity contribution in [1.82, 2.24) is 4.90 Å². The quantitative estimate of drug-likeness (QED) is 0.822. The molecule has 3 amide bonds. The first-order valence-electron chi connectivity index (χ1n) is 8.46. The molecule has 1 aliphatic rings. The van der Waals surface area contributed by atoms with Crippen molar-refractivity contribution in [3.05, 3.63) is 65.2 Å². The second kappa shape index (κ2) is 7.39. The number of nitrogens with two attached hydrogens (primary N) is 1. The van der Waals surface area contributed by atoms with Gasteiger partial charge in [-0.1, -0.05) is 42.0 Å². The van der Waals surface area contributed by atoms with Crippen molar-refractivity contribution in [2.24, 2.45) is 5.73 Å². The topological polar surface area (TPSA) is 92.5 Å². The maximum atomic E-state index is 12.6. The molecular formula is C20H21N3O3. The molecule has 0 aliphatic carbocycles. The molecule has 2 aromatic rings. The standard InChI is InChI=1S/C20H21N3O3/c1-13-6-8-16(9-7-13)22-18(24)11-19(25)23-12-15-5-3-2-4-14(15)10-17(23)20(21)26/h2-9,17H,10-12H2,1H3,(H2,21,26)(H,22,24). The van der Waals surface area contributed by atoms with Gasteiger partial charge < -0.3 is 16.0 Å². The first-order valence-corrected chi connectivity index (χ1v) is 8.46. The van der Waals surface area contributed by atoms with E-state index in [0.717, 1.165) is 16.7 Å². The van der Waals surface area contributed by atoms with E-state index in [9.17, 15) is 14.4 Å². The number of carbonyl (C=O) groups is 3. The molecule has 0 saturated carbocycles. The van der Waals surface area contributed by atoms with Crippen LogP contribution in [0.5, 0.6) is 0 Å². The molecule has 3 N–H and O–H groups in total. The highest BCUT2D eigenvalue weighted by Crippen LogP contribution is 2.24. The van der Waals surface area contributed by atoms with Crippen LogP contribution in [0, 0.1) is 6.92 Å². The molecule has 6 nitrogen and oxygen atoms in total. The molecule has 0 spiro atoms. The van der Waals surface area contributed by atoms with Crippen molar-refractivity contribution >= 4 is 23.4 Å². The highest BCUT2D eigenvalue weighted by atomic mass is 16.2. The summed E-state index contributed by atoms with van der Waals surface area (Å²) in [5.41, 5.74) is 9.17. The molecule has 6 heteroatoms. The molecule has 134 valence electrons. The second-order valence-electron chi connectivity index (χ2n) is 6.50. The van der Waals surface area contributed by atoms with Gasteiger partial charge in [0.05, 0.1) is 0 Å². The molecule has 0 saturated heterocycles. The second-order valence-corrected chi connectivity index (χ2v) is 6.50. The summed E-state index contributed by atoms with van der Waals surface area (Å²) in [5.74, 6) is -1.39. The number of anilines is 1. The molecule has 1 heterocycles. The van der Waals surface area contributed by atoms with E-state index < -0.39 is 23.8 Å². The molecule has 3 rings (SSSR count). The molecule has 0 radical (unpaired) electrons. The summed E-state index contributed by atoms with van der Waals surface area (Å²) in [5, 5.41) is 2.70. The Balaban J connectivity index is 1.70. The zero-order chi connectivity index (χ0) is 18.7. The van der Waals surface area contributed by atoms with Crippen LogP contribution >= 0.6 is 0 Å². The van der Waals surface area contributed by atoms with Crippen LogP contribution in [-0.2, 0) is 27.3 Å². The Morgan fingerprint density at radius 2 is 1.73 bits per heavy atom. The summed E-state index contributed by atoms with van der Waals surface area (Å²) in [6.45, 7) is 2.23. The molecule has 0 fully saturated rings. The SMILES string of the molecule is Cc1ccc(NC(=O)CC(=O)N2Cc3ccccc3CC2C(N)=O)cc1. The van der Waals surface area contributed by atoms with Gasteiger partial charge in [-0.05, 0) is 30.2 Å². The van der Waals surface area contributed by atoms with Crippen molar-refractivity contribution in [2.45, 2.75) is 32.4 Å². The van der Waals surface area contributed by atoms with Crippen LogP contribution in [0.2, 0.25) is 0 Å². The average molecular weight is 351 g/mol. The fourth-order valence-corrected chi connectivity index (χ4v) is 3.12. The van der Waals surface area contributed by atoms with Crippen LogP contribution in [0.3, 0.4) is 0 Å². The number of nitrogens with one attached hydrogen (secondary N) is 1. The molecule has 1 aliphatic heterocycles. The number of hydrogen-bond donors (Lipinski definition) is 2. The molecule has 26 heavy (non-hydrogen) atoms. The number of amides is 3. The van der Waals surface area contributed by atoms with Crippen molar-refractivity contribution in [1.29, 1.82) is 0 Å². The van der Waals surface area contributed by atoms with E-state index in [1.54, 1.807) is 12.1 Å². The normalized spacial score (nSPS) is 15.9. The van der Waals surface area contributed by atoms with E-state index in [1.807, 2.05) is 43.3 Å². The molecule has 1 atom stereocenters. The van der Waals surface area contributed by atoms with Crippen LogP contribution in [0.15, 0.2) is 48.5 Å². The Hall–Kier alpha value is -3.15. The van der Waals surface area contributed by atoms with Gasteiger partial charge in [0, 0.05) is 18.7 Å². The maximum absolute atomic E-state index is 12.6. The highest BCUT2D eigenvalue weighted by molar-refractivity contribution is 6.04. The Kier molecular flexibility index (Phi) is 5.02. The van der Waals surface area contributed by atoms with Crippen LogP contribution in [0.1, 0.15) is 23.1 Å². The van der Waals surface area contributed by atoms with Gasteiger partial charge in [-0.15, -0.1) is 0 Å². The number of hydrogen-bond acceptors (Lipinski definition) is 3. The largest absolute Gasteiger partial charge is 0.368 e. The molecule has 0 aromatic heterocycles. The summed E-state index contributed by atoms with van der Waals surface area (Å²) < 4.78 is 0. The smallest absolute Gasteiger partial charge is 0.240 e. The van der Waals surface area contributed by atoms with E-state index in [4.69, 9.17) is 5.73 Å². The third kappa shape index (κ3) is 3.91. The molecule has 0 bridgehead atoms. The van der Waals surface area contributed by atoms with Gasteiger partial charge in [0.25, 0.3) is 0 Å². The Morgan fingerprint density at radius 3 is 2.38 bits per heavy atom. The summed E-state index contributed by atoms with van der Waals surface area (Å²) in [6.07, 6.45) is 0.0383. The van der Waals surface area contributed by atoms with Gasteiger partial charge >= 0.3 is 0 Å². The molecule has 1 unspecified atom stereocenters. The average Bonchev–Trinajstić information content (AvgIpc) is 2.62. The summed E-state index contributed by atoms with van der Waals surface area (Å²) in [6, 6.07) is 14.2. The number of benzene rings is 2. The van der Waals surface area contributed by atoms with Gasteiger partial charge in [-0.25, -0.2) is 0 Å². The van der Waals surface area contributed by atoms with Crippen LogP contribution in [0.4, 0.5) is 5.69 Å². The number of carbonyl (C=O) groups excluding carboxylic acids is 3. The minimum Gasteiger partial charge on any atom is -0.368 e. The lowest BCUT2D eigenvalue weighted by Crippen LogP contribution is -2.51. The Labute approximate surface area is 152 Å². The van der Waals surface area contributed by atoms with Crippen molar-refractivity contribution in [2.75, 3.05) is 5.32 Å². The lowest BCUT2D eigenvalue weighted by Gasteiger charge is -2.35. The summed E-state index contributed by atoms with van der Waals surface area (Å²) in [7, 11) is 0. The number of nitrogens with zero attached hydrogens (tertiary/aromatic N) is 1. The first kappa shape index (κ1) is 17.7. The van der Waals surface area contributed by atoms with E-state index >= 15 is 0 Å². The highest BCUT2D eigenvalue weighted by Gasteiger charge is 2.33. The zero-order valence-corrected chi connectivity index (χ0v) is 14.6. The molecular weight excluding hydrogens is 330 g/mol. The summed E-state index contributed by atoms with van der Waals surface area (Å²) in [4.78, 5) is 38.1.